The number of carbonyl (C=O) groups excluding carboxylic acids is 2. The van der Waals surface area contributed by atoms with E-state index in [1.807, 2.05) is 20.8 Å². The van der Waals surface area contributed by atoms with Gasteiger partial charge in [-0.1, -0.05) is 0 Å². The molecule has 0 bridgehead atoms. The molecular weight excluding hydrogens is 234 g/mol. The topological polar surface area (TPSA) is 64.6 Å². The summed E-state index contributed by atoms with van der Waals surface area (Å²) in [5, 5.41) is 2.86. The highest BCUT2D eigenvalue weighted by molar-refractivity contribution is 5.78. The molecule has 1 fully saturated rings. The van der Waals surface area contributed by atoms with Crippen molar-refractivity contribution < 1.29 is 19.1 Å². The molecule has 0 aromatic carbocycles. The molecule has 0 aromatic heterocycles. The molecule has 0 radical (unpaired) electrons. The molecule has 18 heavy (non-hydrogen) atoms. The van der Waals surface area contributed by atoms with Crippen LogP contribution >= 0.6 is 0 Å². The van der Waals surface area contributed by atoms with E-state index in [2.05, 4.69) is 5.32 Å². The van der Waals surface area contributed by atoms with E-state index in [1.165, 1.54) is 6.92 Å². The molecule has 1 heterocycles. The van der Waals surface area contributed by atoms with Crippen LogP contribution in [0.25, 0.3) is 0 Å². The summed E-state index contributed by atoms with van der Waals surface area (Å²) >= 11 is 0. The van der Waals surface area contributed by atoms with Gasteiger partial charge in [0, 0.05) is 19.6 Å². The molecule has 1 aliphatic rings. The predicted molar refractivity (Wildman–Crippen MR) is 67.5 cm³/mol. The molecule has 1 saturated heterocycles. The Kier molecular flexibility index (Phi) is 4.73. The SMILES string of the molecule is CC(=O)CC1(NC(=O)OC(C)(C)C)CCOCC1. The van der Waals surface area contributed by atoms with Crippen molar-refractivity contribution in [2.75, 3.05) is 13.2 Å². The highest BCUT2D eigenvalue weighted by Gasteiger charge is 2.36. The number of hydrogen-bond donors (Lipinski definition) is 1. The molecule has 0 saturated carbocycles. The van der Waals surface area contributed by atoms with E-state index >= 15 is 0 Å². The number of nitrogens with one attached hydrogen (secondary N) is 1. The van der Waals surface area contributed by atoms with Crippen LogP contribution in [-0.4, -0.2) is 36.2 Å². The maximum atomic E-state index is 11.8. The molecule has 5 nitrogen and oxygen atoms in total. The van der Waals surface area contributed by atoms with Crippen LogP contribution in [0.15, 0.2) is 0 Å². The molecule has 0 aliphatic carbocycles. The predicted octanol–water partition coefficient (Wildman–Crippen LogP) is 2.04. The third-order valence-corrected chi connectivity index (χ3v) is 2.80. The minimum absolute atomic E-state index is 0.0629. The lowest BCUT2D eigenvalue weighted by molar-refractivity contribution is -0.119. The van der Waals surface area contributed by atoms with Crippen LogP contribution in [0.2, 0.25) is 0 Å². The second-order valence-corrected chi connectivity index (χ2v) is 5.90. The minimum Gasteiger partial charge on any atom is -0.444 e. The molecule has 1 aliphatic heterocycles. The first-order valence-corrected chi connectivity index (χ1v) is 6.31. The average molecular weight is 257 g/mol. The highest BCUT2D eigenvalue weighted by Crippen LogP contribution is 2.25. The van der Waals surface area contributed by atoms with E-state index in [1.54, 1.807) is 0 Å². The van der Waals surface area contributed by atoms with Crippen LogP contribution in [0.5, 0.6) is 0 Å². The first kappa shape index (κ1) is 15.0. The average Bonchev–Trinajstić information content (AvgIpc) is 2.13. The third kappa shape index (κ3) is 5.04. The van der Waals surface area contributed by atoms with Gasteiger partial charge in [-0.3, -0.25) is 4.79 Å². The number of hydrogen-bond acceptors (Lipinski definition) is 4. The molecule has 0 unspecified atom stereocenters. The Morgan fingerprint density at radius 2 is 1.83 bits per heavy atom. The summed E-state index contributed by atoms with van der Waals surface area (Å²) in [6.07, 6.45) is 1.15. The van der Waals surface area contributed by atoms with Crippen LogP contribution in [0.1, 0.15) is 47.0 Å². The largest absolute Gasteiger partial charge is 0.444 e. The summed E-state index contributed by atoms with van der Waals surface area (Å²) in [5.74, 6) is 0.0629. The van der Waals surface area contributed by atoms with Gasteiger partial charge >= 0.3 is 6.09 Å². The standard InChI is InChI=1S/C13H23NO4/c1-10(15)9-13(5-7-17-8-6-13)14-11(16)18-12(2,3)4/h5-9H2,1-4H3,(H,14,16). The lowest BCUT2D eigenvalue weighted by Gasteiger charge is -2.37. The van der Waals surface area contributed by atoms with E-state index in [0.29, 0.717) is 32.5 Å². The Morgan fingerprint density at radius 3 is 2.28 bits per heavy atom. The van der Waals surface area contributed by atoms with Crippen molar-refractivity contribution in [3.8, 4) is 0 Å². The number of ketones is 1. The molecule has 5 heteroatoms. The van der Waals surface area contributed by atoms with Gasteiger partial charge < -0.3 is 14.8 Å². The second kappa shape index (κ2) is 5.69. The Labute approximate surface area is 108 Å². The van der Waals surface area contributed by atoms with Gasteiger partial charge in [-0.2, -0.15) is 0 Å². The fourth-order valence-electron chi connectivity index (χ4n) is 2.10. The van der Waals surface area contributed by atoms with E-state index in [4.69, 9.17) is 9.47 Å². The quantitative estimate of drug-likeness (QED) is 0.840. The monoisotopic (exact) mass is 257 g/mol. The highest BCUT2D eigenvalue weighted by atomic mass is 16.6. The van der Waals surface area contributed by atoms with Crippen molar-refractivity contribution >= 4 is 11.9 Å². The van der Waals surface area contributed by atoms with Crippen molar-refractivity contribution in [1.29, 1.82) is 0 Å². The summed E-state index contributed by atoms with van der Waals surface area (Å²) < 4.78 is 10.5. The first-order chi connectivity index (χ1) is 8.22. The van der Waals surface area contributed by atoms with Gasteiger partial charge in [0.1, 0.15) is 11.4 Å². The lowest BCUT2D eigenvalue weighted by atomic mass is 9.85. The molecule has 1 rings (SSSR count). The molecular formula is C13H23NO4. The number of ether oxygens (including phenoxy) is 2. The van der Waals surface area contributed by atoms with Gasteiger partial charge in [-0.05, 0) is 40.5 Å². The Hall–Kier alpha value is -1.10. The summed E-state index contributed by atoms with van der Waals surface area (Å²) in [6, 6.07) is 0. The minimum atomic E-state index is -0.535. The first-order valence-electron chi connectivity index (χ1n) is 6.31. The normalized spacial score (nSPS) is 19.1. The zero-order valence-corrected chi connectivity index (χ0v) is 11.7. The smallest absolute Gasteiger partial charge is 0.408 e. The van der Waals surface area contributed by atoms with Crippen LogP contribution in [0, 0.1) is 0 Å². The number of Topliss-reactive ketones (excluding diaryl/α,β-unsaturated/α-hetero) is 1. The zero-order valence-electron chi connectivity index (χ0n) is 11.7. The van der Waals surface area contributed by atoms with Gasteiger partial charge in [0.15, 0.2) is 0 Å². The lowest BCUT2D eigenvalue weighted by Crippen LogP contribution is -2.54. The Balaban J connectivity index is 2.66. The summed E-state index contributed by atoms with van der Waals surface area (Å²) in [7, 11) is 0. The second-order valence-electron chi connectivity index (χ2n) is 5.90. The van der Waals surface area contributed by atoms with Crippen LogP contribution in [0.4, 0.5) is 4.79 Å². The number of carbonyl (C=O) groups is 2. The Morgan fingerprint density at radius 1 is 1.28 bits per heavy atom. The number of amides is 1. The van der Waals surface area contributed by atoms with Gasteiger partial charge in [0.25, 0.3) is 0 Å². The van der Waals surface area contributed by atoms with Crippen LogP contribution < -0.4 is 5.32 Å². The van der Waals surface area contributed by atoms with Gasteiger partial charge in [-0.25, -0.2) is 4.79 Å². The maximum Gasteiger partial charge on any atom is 0.408 e. The molecule has 0 atom stereocenters. The van der Waals surface area contributed by atoms with Crippen LogP contribution in [-0.2, 0) is 14.3 Å². The zero-order chi connectivity index (χ0) is 13.8. The van der Waals surface area contributed by atoms with Gasteiger partial charge in [0.2, 0.25) is 0 Å². The summed E-state index contributed by atoms with van der Waals surface area (Å²) in [4.78, 5) is 23.2. The number of alkyl carbamates (subject to hydrolysis) is 1. The molecule has 0 spiro atoms. The van der Waals surface area contributed by atoms with Crippen LogP contribution in [0.3, 0.4) is 0 Å². The van der Waals surface area contributed by atoms with Crippen molar-refractivity contribution in [3.05, 3.63) is 0 Å². The van der Waals surface area contributed by atoms with Crippen molar-refractivity contribution in [3.63, 3.8) is 0 Å². The third-order valence-electron chi connectivity index (χ3n) is 2.80. The van der Waals surface area contributed by atoms with Gasteiger partial charge in [0.05, 0.1) is 5.54 Å². The molecule has 1 amide bonds. The summed E-state index contributed by atoms with van der Waals surface area (Å²) in [5.41, 5.74) is -1.04. The van der Waals surface area contributed by atoms with E-state index in [9.17, 15) is 9.59 Å². The molecule has 104 valence electrons. The van der Waals surface area contributed by atoms with E-state index in [0.717, 1.165) is 0 Å². The van der Waals surface area contributed by atoms with E-state index in [-0.39, 0.29) is 5.78 Å². The van der Waals surface area contributed by atoms with E-state index < -0.39 is 17.2 Å². The fourth-order valence-corrected chi connectivity index (χ4v) is 2.10. The maximum absolute atomic E-state index is 11.8. The summed E-state index contributed by atoms with van der Waals surface area (Å²) in [6.45, 7) is 8.09. The number of rotatable bonds is 3. The van der Waals surface area contributed by atoms with Crippen molar-refractivity contribution in [2.45, 2.75) is 58.1 Å². The molecule has 0 aromatic rings. The fraction of sp³-hybridized carbons (Fsp3) is 0.846. The Bertz CT molecular complexity index is 313. The van der Waals surface area contributed by atoms with Crippen molar-refractivity contribution in [1.82, 2.24) is 5.32 Å². The van der Waals surface area contributed by atoms with Gasteiger partial charge in [-0.15, -0.1) is 0 Å². The van der Waals surface area contributed by atoms with Crippen molar-refractivity contribution in [2.24, 2.45) is 0 Å². The molecule has 1 N–H and O–H groups in total.